The zero-order valence-corrected chi connectivity index (χ0v) is 66.5. The van der Waals surface area contributed by atoms with E-state index in [9.17, 15) is 4.57 Å². The second kappa shape index (κ2) is 28.0. The molecule has 0 radical (unpaired) electrons. The van der Waals surface area contributed by atoms with E-state index in [1.165, 1.54) is 21.4 Å². The largest absolute Gasteiger partial charge is 0.309 e. The number of hydrogen-bond acceptors (Lipinski definition) is 7. The molecule has 24 rings (SSSR count). The van der Waals surface area contributed by atoms with Crippen LogP contribution in [0, 0.1) is 0 Å². The van der Waals surface area contributed by atoms with Crippen LogP contribution < -0.4 is 47.7 Å². The summed E-state index contributed by atoms with van der Waals surface area (Å²) in [5.41, 5.74) is 14.3. The Morgan fingerprint density at radius 2 is 0.590 bits per heavy atom. The fourth-order valence-electron chi connectivity index (χ4n) is 17.9. The SMILES string of the molecule is O=P(c1ccccc1)(c1ccccc1)c1ccc2c(ccc3c2c2ccccc2n2c4ccccc4nc32)c1.O=P(c1ccccc1)(c1ccccc1)c1cccc2c1ccc1c2c2ccccc2n2c3ccccc3nc12.S=P(c1ccccc1)(c1ccccc1)c1ccc2c(c1)nc1c3cc4ccccc4nc3c3ccccc3n21. The van der Waals surface area contributed by atoms with Crippen LogP contribution in [-0.4, -0.2) is 33.1 Å². The summed E-state index contributed by atoms with van der Waals surface area (Å²) in [7, 11) is -6.22. The number of imidazole rings is 3. The van der Waals surface area contributed by atoms with Crippen molar-refractivity contribution in [3.63, 3.8) is 0 Å². The van der Waals surface area contributed by atoms with Gasteiger partial charge in [-0.3, -0.25) is 13.2 Å². The number of aromatic nitrogens is 7. The smallest absolute Gasteiger partial charge is 0.171 e. The van der Waals surface area contributed by atoms with E-state index < -0.39 is 20.3 Å². The van der Waals surface area contributed by atoms with Crippen LogP contribution in [0.2, 0.25) is 0 Å². The van der Waals surface area contributed by atoms with Gasteiger partial charge in [-0.15, -0.1) is 0 Å². The van der Waals surface area contributed by atoms with Crippen LogP contribution in [-0.2, 0) is 20.9 Å². The quantitative estimate of drug-likeness (QED) is 0.0806. The van der Waals surface area contributed by atoms with Crippen molar-refractivity contribution in [2.24, 2.45) is 0 Å². The summed E-state index contributed by atoms with van der Waals surface area (Å²) >= 11 is 6.62. The fraction of sp³-hybridized carbons (Fsp3) is 0. The minimum atomic E-state index is -3.15. The Hall–Kier alpha value is -13.8. The van der Waals surface area contributed by atoms with Crippen LogP contribution in [0.1, 0.15) is 0 Å². The van der Waals surface area contributed by atoms with Crippen molar-refractivity contribution in [3.05, 3.63) is 413 Å². The standard InChI is InChI=1S/2C35H23N2OP.C34H22N3PS/c38-39(24-12-3-1-4-13-24,25-14-5-2-6-15-25)33-21-11-17-27-26(33)22-23-29-34(27)28-16-7-9-19-31(28)37-32-20-10-8-18-30(32)36-35(29)37;38-39(25-11-3-1-4-12-25,26-13-5-2-6-14-26)27-20-22-28-24(23-27)19-21-30-34(28)29-15-7-9-17-32(29)37-33-18-10-8-16-31(33)36-35(30)37;39-38(24-12-3-1-4-13-24,25-14-5-2-6-15-25)26-19-20-32-30(22-26)36-34-28-21-23-11-7-9-17-29(23)35-33(28)27-16-8-10-18-31(27)37(32)34/h2*1-23H;1-22H. The van der Waals surface area contributed by atoms with Gasteiger partial charge in [-0.05, 0) is 122 Å². The molecule has 117 heavy (non-hydrogen) atoms. The Morgan fingerprint density at radius 3 is 1.13 bits per heavy atom. The first kappa shape index (κ1) is 69.9. The van der Waals surface area contributed by atoms with Crippen LogP contribution in [0.25, 0.3) is 148 Å². The highest BCUT2D eigenvalue weighted by molar-refractivity contribution is 8.25. The first-order valence-electron chi connectivity index (χ1n) is 39.2. The average Bonchev–Trinajstić information content (AvgIpc) is 1.69. The van der Waals surface area contributed by atoms with Gasteiger partial charge < -0.3 is 9.13 Å². The molecule has 552 valence electrons. The van der Waals surface area contributed by atoms with Gasteiger partial charge in [0.2, 0.25) is 0 Å². The number of fused-ring (bicyclic) bond motifs is 29. The molecule has 0 aliphatic rings. The van der Waals surface area contributed by atoms with Gasteiger partial charge in [0.25, 0.3) is 0 Å². The molecule has 0 saturated carbocycles. The molecule has 13 heteroatoms. The van der Waals surface area contributed by atoms with E-state index in [2.05, 4.69) is 268 Å². The summed E-state index contributed by atoms with van der Waals surface area (Å²) < 4.78 is 37.2. The zero-order valence-electron chi connectivity index (χ0n) is 63.0. The Kier molecular flexibility index (Phi) is 16.7. The molecule has 7 heterocycles. The van der Waals surface area contributed by atoms with Gasteiger partial charge in [0.05, 0.1) is 60.7 Å². The number of benzene rings is 17. The summed E-state index contributed by atoms with van der Waals surface area (Å²) in [5.74, 6) is 0. The third kappa shape index (κ3) is 11.1. The second-order valence-electron chi connectivity index (χ2n) is 29.7. The van der Waals surface area contributed by atoms with E-state index in [1.54, 1.807) is 0 Å². The third-order valence-electron chi connectivity index (χ3n) is 23.3. The Bertz CT molecular complexity index is 8180. The molecule has 9 nitrogen and oxygen atoms in total. The van der Waals surface area contributed by atoms with E-state index in [-0.39, 0.29) is 0 Å². The minimum Gasteiger partial charge on any atom is -0.309 e. The Labute approximate surface area is 677 Å². The van der Waals surface area contributed by atoms with Crippen molar-refractivity contribution < 1.29 is 9.13 Å². The molecule has 24 aromatic rings. The first-order valence-corrected chi connectivity index (χ1v) is 45.4. The molecule has 17 aromatic carbocycles. The number of nitrogens with zero attached hydrogens (tertiary/aromatic N) is 7. The fourth-order valence-corrected chi connectivity index (χ4v) is 27.2. The second-order valence-corrected chi connectivity index (χ2v) is 39.6. The Balaban J connectivity index is 0.000000106. The predicted molar refractivity (Wildman–Crippen MR) is 498 cm³/mol. The first-order chi connectivity index (χ1) is 57.7. The van der Waals surface area contributed by atoms with E-state index in [1.807, 2.05) is 158 Å². The lowest BCUT2D eigenvalue weighted by atomic mass is 9.99. The van der Waals surface area contributed by atoms with E-state index >= 15 is 4.57 Å². The van der Waals surface area contributed by atoms with Crippen molar-refractivity contribution in [2.75, 3.05) is 0 Å². The van der Waals surface area contributed by atoms with Crippen LogP contribution >= 0.6 is 20.3 Å². The maximum Gasteiger partial charge on any atom is 0.171 e. The minimum absolute atomic E-state index is 0.837. The number of pyridine rings is 4. The van der Waals surface area contributed by atoms with E-state index in [0.717, 1.165) is 174 Å². The summed E-state index contributed by atoms with van der Waals surface area (Å²) in [6.45, 7) is 0. The molecule has 0 bridgehead atoms. The van der Waals surface area contributed by atoms with Crippen molar-refractivity contribution in [3.8, 4) is 0 Å². The molecular formula is C104H68N7O2P3S. The highest BCUT2D eigenvalue weighted by Crippen LogP contribution is 2.49. The van der Waals surface area contributed by atoms with Crippen LogP contribution in [0.3, 0.4) is 0 Å². The zero-order chi connectivity index (χ0) is 77.9. The molecular weight excluding hydrogens is 1500 g/mol. The maximum atomic E-state index is 15.3. The van der Waals surface area contributed by atoms with Gasteiger partial charge in [0.1, 0.15) is 16.9 Å². The van der Waals surface area contributed by atoms with Gasteiger partial charge in [-0.1, -0.05) is 339 Å². The molecule has 0 spiro atoms. The molecule has 0 atom stereocenters. The summed E-state index contributed by atoms with van der Waals surface area (Å²) in [5, 5.41) is 23.0. The van der Waals surface area contributed by atoms with Gasteiger partial charge in [0, 0.05) is 86.3 Å². The average molecular weight is 1570 g/mol. The van der Waals surface area contributed by atoms with Crippen molar-refractivity contribution >= 4 is 228 Å². The summed E-state index contributed by atoms with van der Waals surface area (Å²) in [6.07, 6.45) is 0. The number of rotatable bonds is 9. The van der Waals surface area contributed by atoms with Gasteiger partial charge in [-0.2, -0.15) is 0 Å². The van der Waals surface area contributed by atoms with E-state index in [0.29, 0.717) is 0 Å². The molecule has 0 N–H and O–H groups in total. The molecule has 0 fully saturated rings. The third-order valence-corrected chi connectivity index (χ3v) is 34.4. The lowest BCUT2D eigenvalue weighted by molar-refractivity contribution is 0.591. The molecule has 0 amide bonds. The monoisotopic (exact) mass is 1570 g/mol. The Morgan fingerprint density at radius 1 is 0.214 bits per heavy atom. The summed E-state index contributed by atoms with van der Waals surface area (Å²) in [6, 6.07) is 139. The van der Waals surface area contributed by atoms with Crippen LogP contribution in [0.5, 0.6) is 0 Å². The van der Waals surface area contributed by atoms with Crippen molar-refractivity contribution in [2.45, 2.75) is 0 Å². The lowest BCUT2D eigenvalue weighted by Gasteiger charge is -2.24. The molecule has 0 unspecified atom stereocenters. The highest BCUT2D eigenvalue weighted by Gasteiger charge is 2.34. The van der Waals surface area contributed by atoms with Gasteiger partial charge in [-0.25, -0.2) is 19.9 Å². The molecule has 7 aromatic heterocycles. The lowest BCUT2D eigenvalue weighted by Crippen LogP contribution is -2.25. The van der Waals surface area contributed by atoms with Gasteiger partial charge in [0.15, 0.2) is 14.3 Å². The van der Waals surface area contributed by atoms with Gasteiger partial charge >= 0.3 is 0 Å². The number of para-hydroxylation sites is 8. The molecule has 0 saturated heterocycles. The van der Waals surface area contributed by atoms with E-state index in [4.69, 9.17) is 31.7 Å². The van der Waals surface area contributed by atoms with Crippen LogP contribution in [0.4, 0.5) is 0 Å². The van der Waals surface area contributed by atoms with Crippen molar-refractivity contribution in [1.82, 2.24) is 33.1 Å². The predicted octanol–water partition coefficient (Wildman–Crippen LogP) is 22.3. The van der Waals surface area contributed by atoms with Crippen LogP contribution in [0.15, 0.2) is 413 Å². The topological polar surface area (TPSA) is 98.9 Å². The molecule has 0 aliphatic heterocycles. The maximum absolute atomic E-state index is 15.3. The molecule has 0 aliphatic carbocycles. The highest BCUT2D eigenvalue weighted by atomic mass is 32.4. The summed E-state index contributed by atoms with van der Waals surface area (Å²) in [4.78, 5) is 20.5. The normalized spacial score (nSPS) is 12.2. The number of hydrogen-bond donors (Lipinski definition) is 0. The van der Waals surface area contributed by atoms with Crippen molar-refractivity contribution in [1.29, 1.82) is 0 Å².